The van der Waals surface area contributed by atoms with Crippen molar-refractivity contribution in [3.8, 4) is 11.4 Å². The number of halogens is 1. The van der Waals surface area contributed by atoms with E-state index in [0.29, 0.717) is 31.2 Å². The van der Waals surface area contributed by atoms with Crippen LogP contribution in [0, 0.1) is 5.41 Å². The molecule has 1 aromatic carbocycles. The van der Waals surface area contributed by atoms with Crippen molar-refractivity contribution in [2.45, 2.75) is 58.9 Å². The van der Waals surface area contributed by atoms with Crippen molar-refractivity contribution < 1.29 is 13.7 Å². The first-order chi connectivity index (χ1) is 14.7. The number of piperidine rings is 1. The van der Waals surface area contributed by atoms with E-state index in [1.54, 1.807) is 17.8 Å². The lowest BCUT2D eigenvalue weighted by Crippen LogP contribution is -2.39. The lowest BCUT2D eigenvalue weighted by Gasteiger charge is -2.32. The average Bonchev–Trinajstić information content (AvgIpc) is 3.39. The Morgan fingerprint density at radius 3 is 2.71 bits per heavy atom. The smallest absolute Gasteiger partial charge is 0.230 e. The summed E-state index contributed by atoms with van der Waals surface area (Å²) < 4.78 is 20.4. The van der Waals surface area contributed by atoms with Crippen LogP contribution in [0.4, 0.5) is 4.39 Å². The Labute approximate surface area is 181 Å². The van der Waals surface area contributed by atoms with Gasteiger partial charge in [0.1, 0.15) is 6.67 Å². The number of rotatable bonds is 5. The van der Waals surface area contributed by atoms with Crippen LogP contribution in [0.25, 0.3) is 22.3 Å². The van der Waals surface area contributed by atoms with Gasteiger partial charge in [-0.2, -0.15) is 10.1 Å². The van der Waals surface area contributed by atoms with Gasteiger partial charge in [-0.3, -0.25) is 9.48 Å². The summed E-state index contributed by atoms with van der Waals surface area (Å²) in [6.45, 7) is 8.99. The summed E-state index contributed by atoms with van der Waals surface area (Å²) in [6.07, 6.45) is 3.93. The number of amides is 1. The van der Waals surface area contributed by atoms with E-state index in [0.717, 1.165) is 29.3 Å². The molecule has 1 fully saturated rings. The Kier molecular flexibility index (Phi) is 5.81. The number of aromatic nitrogens is 4. The number of alkyl halides is 1. The number of likely N-dealkylation sites (tertiary alicyclic amines) is 1. The Balaban J connectivity index is 1.46. The summed E-state index contributed by atoms with van der Waals surface area (Å²) in [6, 6.07) is 5.46. The predicted molar refractivity (Wildman–Crippen MR) is 116 cm³/mol. The van der Waals surface area contributed by atoms with Gasteiger partial charge in [0.05, 0.1) is 17.8 Å². The highest BCUT2D eigenvalue weighted by atomic mass is 19.1. The maximum absolute atomic E-state index is 13.1. The van der Waals surface area contributed by atoms with Gasteiger partial charge in [-0.1, -0.05) is 38.1 Å². The van der Waals surface area contributed by atoms with Crippen LogP contribution in [-0.4, -0.2) is 50.5 Å². The second-order valence-electron chi connectivity index (χ2n) is 9.71. The van der Waals surface area contributed by atoms with Crippen molar-refractivity contribution in [1.29, 1.82) is 0 Å². The highest BCUT2D eigenvalue weighted by molar-refractivity contribution is 5.83. The van der Waals surface area contributed by atoms with Crippen molar-refractivity contribution >= 4 is 16.8 Å². The number of fused-ring (bicyclic) bond motifs is 1. The molecular weight excluding hydrogens is 397 g/mol. The van der Waals surface area contributed by atoms with E-state index in [9.17, 15) is 9.18 Å². The summed E-state index contributed by atoms with van der Waals surface area (Å²) in [4.78, 5) is 19.1. The minimum Gasteiger partial charge on any atom is -0.343 e. The van der Waals surface area contributed by atoms with Crippen LogP contribution < -0.4 is 0 Å². The van der Waals surface area contributed by atoms with Crippen LogP contribution in [0.3, 0.4) is 0 Å². The SMILES string of the molecule is CC(CF)n1ncc2ccc(-c3noc(C4CCN(C(=O)CC(C)(C)C)CC4)n3)cc21. The third-order valence-electron chi connectivity index (χ3n) is 5.82. The highest BCUT2D eigenvalue weighted by Gasteiger charge is 2.29. The van der Waals surface area contributed by atoms with Gasteiger partial charge in [-0.25, -0.2) is 4.39 Å². The molecule has 3 heterocycles. The maximum Gasteiger partial charge on any atom is 0.230 e. The van der Waals surface area contributed by atoms with Crippen molar-refractivity contribution in [2.24, 2.45) is 5.41 Å². The highest BCUT2D eigenvalue weighted by Crippen LogP contribution is 2.31. The molecule has 1 atom stereocenters. The molecular formula is C23H30FN5O2. The van der Waals surface area contributed by atoms with Crippen LogP contribution in [0.5, 0.6) is 0 Å². The van der Waals surface area contributed by atoms with Crippen molar-refractivity contribution in [2.75, 3.05) is 19.8 Å². The fourth-order valence-electron chi connectivity index (χ4n) is 4.05. The number of benzene rings is 1. The van der Waals surface area contributed by atoms with Crippen molar-refractivity contribution in [3.05, 3.63) is 30.3 Å². The third kappa shape index (κ3) is 4.62. The number of hydrogen-bond acceptors (Lipinski definition) is 5. The standard InChI is InChI=1S/C23H30FN5O2/c1-15(13-24)29-19-11-17(5-6-18(19)14-25-29)21-26-22(31-27-21)16-7-9-28(10-8-16)20(30)12-23(2,3)4/h5-6,11,14-16H,7-10,12-13H2,1-4H3. The van der Waals surface area contributed by atoms with Crippen LogP contribution in [0.15, 0.2) is 28.9 Å². The van der Waals surface area contributed by atoms with Gasteiger partial charge in [0, 0.05) is 36.4 Å². The van der Waals surface area contributed by atoms with E-state index in [4.69, 9.17) is 4.52 Å². The molecule has 0 spiro atoms. The molecule has 4 rings (SSSR count). The maximum atomic E-state index is 13.1. The van der Waals surface area contributed by atoms with Crippen LogP contribution in [0.2, 0.25) is 0 Å². The Hall–Kier alpha value is -2.77. The van der Waals surface area contributed by atoms with E-state index in [1.807, 2.05) is 23.1 Å². The molecule has 2 aromatic heterocycles. The van der Waals surface area contributed by atoms with E-state index >= 15 is 0 Å². The fourth-order valence-corrected chi connectivity index (χ4v) is 4.05. The molecule has 0 aliphatic carbocycles. The van der Waals surface area contributed by atoms with E-state index in [1.165, 1.54) is 0 Å². The summed E-state index contributed by atoms with van der Waals surface area (Å²) in [5.41, 5.74) is 1.65. The molecule has 1 unspecified atom stereocenters. The molecule has 1 amide bonds. The predicted octanol–water partition coefficient (Wildman–Crippen LogP) is 4.76. The molecule has 3 aromatic rings. The van der Waals surface area contributed by atoms with Gasteiger partial charge in [-0.05, 0) is 31.2 Å². The quantitative estimate of drug-likeness (QED) is 0.587. The molecule has 166 valence electrons. The van der Waals surface area contributed by atoms with Crippen molar-refractivity contribution in [1.82, 2.24) is 24.8 Å². The van der Waals surface area contributed by atoms with Crippen LogP contribution >= 0.6 is 0 Å². The summed E-state index contributed by atoms with van der Waals surface area (Å²) in [5.74, 6) is 1.50. The Bertz CT molecular complexity index is 1060. The second-order valence-corrected chi connectivity index (χ2v) is 9.71. The van der Waals surface area contributed by atoms with Crippen LogP contribution in [0.1, 0.15) is 64.8 Å². The van der Waals surface area contributed by atoms with Gasteiger partial charge in [0.15, 0.2) is 0 Å². The van der Waals surface area contributed by atoms with E-state index < -0.39 is 6.67 Å². The van der Waals surface area contributed by atoms with Crippen molar-refractivity contribution in [3.63, 3.8) is 0 Å². The molecule has 0 saturated carbocycles. The monoisotopic (exact) mass is 427 g/mol. The second kappa shape index (κ2) is 8.40. The fraction of sp³-hybridized carbons (Fsp3) is 0.565. The molecule has 1 aliphatic rings. The van der Waals surface area contributed by atoms with Crippen LogP contribution in [-0.2, 0) is 4.79 Å². The first-order valence-electron chi connectivity index (χ1n) is 10.9. The summed E-state index contributed by atoms with van der Waals surface area (Å²) >= 11 is 0. The zero-order valence-corrected chi connectivity index (χ0v) is 18.6. The first kappa shape index (κ1) is 21.5. The molecule has 0 N–H and O–H groups in total. The Morgan fingerprint density at radius 1 is 1.29 bits per heavy atom. The normalized spacial score (nSPS) is 16.7. The molecule has 0 radical (unpaired) electrons. The van der Waals surface area contributed by atoms with Gasteiger partial charge in [-0.15, -0.1) is 0 Å². The molecule has 0 bridgehead atoms. The topological polar surface area (TPSA) is 77.0 Å². The molecule has 1 saturated heterocycles. The lowest BCUT2D eigenvalue weighted by molar-refractivity contribution is -0.134. The number of hydrogen-bond donors (Lipinski definition) is 0. The largest absolute Gasteiger partial charge is 0.343 e. The minimum absolute atomic E-state index is 0.00616. The summed E-state index contributed by atoms with van der Waals surface area (Å²) in [5, 5.41) is 9.43. The van der Waals surface area contributed by atoms with E-state index in [-0.39, 0.29) is 23.3 Å². The molecule has 31 heavy (non-hydrogen) atoms. The summed E-state index contributed by atoms with van der Waals surface area (Å²) in [7, 11) is 0. The van der Waals surface area contributed by atoms with E-state index in [2.05, 4.69) is 36.0 Å². The zero-order valence-electron chi connectivity index (χ0n) is 18.6. The third-order valence-corrected chi connectivity index (χ3v) is 5.82. The molecule has 1 aliphatic heterocycles. The number of nitrogens with zero attached hydrogens (tertiary/aromatic N) is 5. The number of carbonyl (C=O) groups excluding carboxylic acids is 1. The molecule has 7 nitrogen and oxygen atoms in total. The Morgan fingerprint density at radius 2 is 2.03 bits per heavy atom. The average molecular weight is 428 g/mol. The van der Waals surface area contributed by atoms with Gasteiger partial charge < -0.3 is 9.42 Å². The van der Waals surface area contributed by atoms with Gasteiger partial charge in [0.25, 0.3) is 0 Å². The van der Waals surface area contributed by atoms with Gasteiger partial charge in [0.2, 0.25) is 17.6 Å². The zero-order chi connectivity index (χ0) is 22.2. The number of carbonyl (C=O) groups is 1. The lowest BCUT2D eigenvalue weighted by atomic mass is 9.90. The molecule has 8 heteroatoms. The van der Waals surface area contributed by atoms with Gasteiger partial charge >= 0.3 is 0 Å². The minimum atomic E-state index is -0.482. The first-order valence-corrected chi connectivity index (χ1v) is 10.9.